The summed E-state index contributed by atoms with van der Waals surface area (Å²) in [5.74, 6) is -0.345. The fourth-order valence-corrected chi connectivity index (χ4v) is 0.525. The molecule has 0 aromatic carbocycles. The first-order valence-electron chi connectivity index (χ1n) is 3.47. The Balaban J connectivity index is 3.60. The summed E-state index contributed by atoms with van der Waals surface area (Å²) in [6.07, 6.45) is 2.54. The van der Waals surface area contributed by atoms with E-state index >= 15 is 0 Å². The second kappa shape index (κ2) is 5.65. The number of hydrogen-bond donors (Lipinski definition) is 0. The van der Waals surface area contributed by atoms with Gasteiger partial charge in [-0.2, -0.15) is 0 Å². The van der Waals surface area contributed by atoms with E-state index in [4.69, 9.17) is 4.74 Å². The van der Waals surface area contributed by atoms with Gasteiger partial charge >= 0.3 is 0 Å². The Kier molecular flexibility index (Phi) is 5.07. The maximum absolute atomic E-state index is 10.7. The molecule has 0 atom stereocenters. The van der Waals surface area contributed by atoms with Gasteiger partial charge in [0, 0.05) is 6.08 Å². The van der Waals surface area contributed by atoms with Crippen LogP contribution < -0.4 is 0 Å². The van der Waals surface area contributed by atoms with Gasteiger partial charge in [0.2, 0.25) is 0 Å². The van der Waals surface area contributed by atoms with Crippen molar-refractivity contribution >= 4 is 11.6 Å². The highest BCUT2D eigenvalue weighted by Crippen LogP contribution is 1.87. The molecule has 0 aliphatic rings. The third kappa shape index (κ3) is 6.77. The van der Waals surface area contributed by atoms with Gasteiger partial charge in [-0.25, -0.2) is 0 Å². The van der Waals surface area contributed by atoms with Gasteiger partial charge in [-0.15, -0.1) is 0 Å². The summed E-state index contributed by atoms with van der Waals surface area (Å²) in [5.41, 5.74) is 0. The molecule has 11 heavy (non-hydrogen) atoms. The molecule has 0 saturated carbocycles. The fraction of sp³-hybridized carbons (Fsp3) is 0.500. The van der Waals surface area contributed by atoms with Crippen molar-refractivity contribution in [3.8, 4) is 0 Å². The smallest absolute Gasteiger partial charge is 0.166 e. The first-order valence-corrected chi connectivity index (χ1v) is 3.47. The molecule has 0 aliphatic carbocycles. The predicted octanol–water partition coefficient (Wildman–Crippen LogP) is 1.08. The van der Waals surface area contributed by atoms with Crippen LogP contribution in [0.4, 0.5) is 0 Å². The van der Waals surface area contributed by atoms with Crippen LogP contribution in [-0.2, 0) is 14.3 Å². The monoisotopic (exact) mass is 156 g/mol. The molecule has 0 fully saturated rings. The van der Waals surface area contributed by atoms with Gasteiger partial charge in [0.25, 0.3) is 0 Å². The Bertz CT molecular complexity index is 170. The van der Waals surface area contributed by atoms with E-state index in [0.717, 1.165) is 0 Å². The first kappa shape index (κ1) is 9.88. The molecular formula is C8H12O3. The Morgan fingerprint density at radius 1 is 1.45 bits per heavy atom. The predicted molar refractivity (Wildman–Crippen MR) is 41.1 cm³/mol. The third-order valence-corrected chi connectivity index (χ3v) is 0.940. The number of hydrogen-bond acceptors (Lipinski definition) is 3. The maximum atomic E-state index is 10.7. The zero-order valence-electron chi connectivity index (χ0n) is 6.79. The molecule has 0 aromatic heterocycles. The zero-order valence-corrected chi connectivity index (χ0v) is 6.79. The van der Waals surface area contributed by atoms with Crippen molar-refractivity contribution in [3.05, 3.63) is 12.3 Å². The molecule has 0 aliphatic heterocycles. The Labute approximate surface area is 66.0 Å². The van der Waals surface area contributed by atoms with Crippen LogP contribution in [0.2, 0.25) is 0 Å². The summed E-state index contributed by atoms with van der Waals surface area (Å²) >= 11 is 0. The zero-order chi connectivity index (χ0) is 8.69. The van der Waals surface area contributed by atoms with E-state index < -0.39 is 0 Å². The van der Waals surface area contributed by atoms with E-state index in [1.165, 1.54) is 19.3 Å². The summed E-state index contributed by atoms with van der Waals surface area (Å²) in [6, 6.07) is 0. The Hall–Kier alpha value is -1.12. The van der Waals surface area contributed by atoms with Crippen LogP contribution in [-0.4, -0.2) is 18.2 Å². The van der Waals surface area contributed by atoms with Crippen LogP contribution in [0.1, 0.15) is 20.3 Å². The lowest BCUT2D eigenvalue weighted by molar-refractivity contribution is -0.123. The second-order valence-electron chi connectivity index (χ2n) is 2.10. The highest BCUT2D eigenvalue weighted by Gasteiger charge is 1.99. The van der Waals surface area contributed by atoms with Crippen LogP contribution in [0.3, 0.4) is 0 Å². The number of carbonyl (C=O) groups excluding carboxylic acids is 2. The van der Waals surface area contributed by atoms with Crippen molar-refractivity contribution in [2.24, 2.45) is 0 Å². The minimum absolute atomic E-state index is 0.0381. The molecule has 3 nitrogen and oxygen atoms in total. The van der Waals surface area contributed by atoms with Gasteiger partial charge < -0.3 is 4.74 Å². The minimum atomic E-state index is -0.217. The fourth-order valence-electron chi connectivity index (χ4n) is 0.525. The molecule has 0 N–H and O–H groups in total. The Morgan fingerprint density at radius 3 is 2.55 bits per heavy atom. The lowest BCUT2D eigenvalue weighted by Crippen LogP contribution is -2.00. The standard InChI is InChI=1S/C8H12O3/c1-3-11-5-4-8(10)6-7(2)9/h4-5H,3,6H2,1-2H3/b5-4-. The average molecular weight is 156 g/mol. The van der Waals surface area contributed by atoms with Crippen molar-refractivity contribution in [1.82, 2.24) is 0 Å². The van der Waals surface area contributed by atoms with Crippen molar-refractivity contribution in [3.63, 3.8) is 0 Å². The number of rotatable bonds is 5. The molecule has 62 valence electrons. The van der Waals surface area contributed by atoms with Crippen molar-refractivity contribution in [1.29, 1.82) is 0 Å². The number of ether oxygens (including phenoxy) is 1. The van der Waals surface area contributed by atoms with Crippen molar-refractivity contribution in [2.45, 2.75) is 20.3 Å². The Morgan fingerprint density at radius 2 is 2.09 bits per heavy atom. The molecule has 0 radical (unpaired) electrons. The highest BCUT2D eigenvalue weighted by atomic mass is 16.5. The van der Waals surface area contributed by atoms with Gasteiger partial charge in [-0.05, 0) is 13.8 Å². The van der Waals surface area contributed by atoms with Gasteiger partial charge in [0.05, 0.1) is 19.3 Å². The first-order chi connectivity index (χ1) is 5.16. The lowest BCUT2D eigenvalue weighted by Gasteiger charge is -1.91. The second-order valence-corrected chi connectivity index (χ2v) is 2.10. The topological polar surface area (TPSA) is 43.4 Å². The van der Waals surface area contributed by atoms with E-state index in [1.54, 1.807) is 0 Å². The van der Waals surface area contributed by atoms with Crippen LogP contribution in [0.5, 0.6) is 0 Å². The number of ketones is 2. The number of Topliss-reactive ketones (excluding diaryl/α,β-unsaturated/α-hetero) is 1. The molecule has 0 saturated heterocycles. The van der Waals surface area contributed by atoms with Gasteiger partial charge in [-0.1, -0.05) is 0 Å². The third-order valence-electron chi connectivity index (χ3n) is 0.940. The van der Waals surface area contributed by atoms with Gasteiger partial charge in [0.1, 0.15) is 5.78 Å². The molecule has 0 bridgehead atoms. The quantitative estimate of drug-likeness (QED) is 0.340. The number of carbonyl (C=O) groups is 2. The normalized spacial score (nSPS) is 10.0. The largest absolute Gasteiger partial charge is 0.501 e. The molecule has 0 unspecified atom stereocenters. The molecule has 0 spiro atoms. The van der Waals surface area contributed by atoms with Crippen LogP contribution in [0.15, 0.2) is 12.3 Å². The van der Waals surface area contributed by atoms with Gasteiger partial charge in [-0.3, -0.25) is 9.59 Å². The van der Waals surface area contributed by atoms with Crippen molar-refractivity contribution in [2.75, 3.05) is 6.61 Å². The summed E-state index contributed by atoms with van der Waals surface area (Å²) in [5, 5.41) is 0. The number of allylic oxidation sites excluding steroid dienone is 1. The molecule has 0 amide bonds. The van der Waals surface area contributed by atoms with E-state index in [-0.39, 0.29) is 18.0 Å². The van der Waals surface area contributed by atoms with E-state index in [1.807, 2.05) is 6.92 Å². The molecule has 0 rings (SSSR count). The highest BCUT2D eigenvalue weighted by molar-refractivity contribution is 6.03. The summed E-state index contributed by atoms with van der Waals surface area (Å²) in [7, 11) is 0. The van der Waals surface area contributed by atoms with E-state index in [9.17, 15) is 9.59 Å². The van der Waals surface area contributed by atoms with E-state index in [2.05, 4.69) is 0 Å². The maximum Gasteiger partial charge on any atom is 0.166 e. The van der Waals surface area contributed by atoms with Crippen LogP contribution >= 0.6 is 0 Å². The summed E-state index contributed by atoms with van der Waals surface area (Å²) < 4.78 is 4.77. The van der Waals surface area contributed by atoms with Crippen molar-refractivity contribution < 1.29 is 14.3 Å². The molecular weight excluding hydrogens is 144 g/mol. The lowest BCUT2D eigenvalue weighted by atomic mass is 10.2. The minimum Gasteiger partial charge on any atom is -0.501 e. The summed E-state index contributed by atoms with van der Waals surface area (Å²) in [4.78, 5) is 21.1. The SMILES string of the molecule is CCO/C=C\C(=O)CC(C)=O. The molecule has 0 aromatic rings. The molecule has 3 heteroatoms. The summed E-state index contributed by atoms with van der Waals surface area (Å²) in [6.45, 7) is 3.73. The van der Waals surface area contributed by atoms with Crippen LogP contribution in [0, 0.1) is 0 Å². The molecule has 0 heterocycles. The van der Waals surface area contributed by atoms with E-state index in [0.29, 0.717) is 6.61 Å². The van der Waals surface area contributed by atoms with Gasteiger partial charge in [0.15, 0.2) is 5.78 Å². The van der Waals surface area contributed by atoms with Crippen LogP contribution in [0.25, 0.3) is 0 Å². The average Bonchev–Trinajstić information content (AvgIpc) is 1.86.